The molecule has 0 aliphatic heterocycles. The highest BCUT2D eigenvalue weighted by atomic mass is 16.2. The van der Waals surface area contributed by atoms with Crippen molar-refractivity contribution in [1.29, 1.82) is 0 Å². The summed E-state index contributed by atoms with van der Waals surface area (Å²) in [5.41, 5.74) is 5.83. The normalized spacial score (nSPS) is 10.6. The van der Waals surface area contributed by atoms with Crippen LogP contribution in [-0.2, 0) is 4.79 Å². The van der Waals surface area contributed by atoms with Gasteiger partial charge in [0.2, 0.25) is 5.91 Å². The number of nitrogens with one attached hydrogen (secondary N) is 2. The first-order valence-electron chi connectivity index (χ1n) is 9.13. The molecule has 0 fully saturated rings. The Bertz CT molecular complexity index is 1020. The summed E-state index contributed by atoms with van der Waals surface area (Å²) in [6.45, 7) is 7.58. The Morgan fingerprint density at radius 1 is 0.964 bits per heavy atom. The Labute approximate surface area is 164 Å². The fourth-order valence-electron chi connectivity index (χ4n) is 2.97. The number of para-hydroxylation sites is 1. The molecule has 0 aliphatic rings. The second kappa shape index (κ2) is 8.08. The number of aryl methyl sites for hydroxylation is 3. The Kier molecular flexibility index (Phi) is 5.59. The van der Waals surface area contributed by atoms with Crippen molar-refractivity contribution in [3.8, 4) is 5.69 Å². The maximum atomic E-state index is 12.4. The Morgan fingerprint density at radius 2 is 1.68 bits per heavy atom. The van der Waals surface area contributed by atoms with Gasteiger partial charge in [-0.3, -0.25) is 9.59 Å². The van der Waals surface area contributed by atoms with Gasteiger partial charge in [-0.25, -0.2) is 4.68 Å². The zero-order chi connectivity index (χ0) is 20.3. The first-order chi connectivity index (χ1) is 13.4. The summed E-state index contributed by atoms with van der Waals surface area (Å²) in [6.07, 6.45) is 0. The van der Waals surface area contributed by atoms with Crippen molar-refractivity contribution in [3.05, 3.63) is 76.6 Å². The number of benzene rings is 2. The zero-order valence-corrected chi connectivity index (χ0v) is 16.5. The lowest BCUT2D eigenvalue weighted by Gasteiger charge is -2.09. The van der Waals surface area contributed by atoms with Gasteiger partial charge < -0.3 is 10.6 Å². The third-order valence-corrected chi connectivity index (χ3v) is 4.74. The van der Waals surface area contributed by atoms with Gasteiger partial charge in [0.1, 0.15) is 0 Å². The van der Waals surface area contributed by atoms with E-state index in [0.29, 0.717) is 11.3 Å². The van der Waals surface area contributed by atoms with Crippen molar-refractivity contribution in [3.63, 3.8) is 0 Å². The van der Waals surface area contributed by atoms with Gasteiger partial charge in [-0.15, -0.1) is 0 Å². The monoisotopic (exact) mass is 376 g/mol. The van der Waals surface area contributed by atoms with Crippen LogP contribution >= 0.6 is 0 Å². The van der Waals surface area contributed by atoms with Gasteiger partial charge in [0.15, 0.2) is 0 Å². The number of hydrogen-bond donors (Lipinski definition) is 2. The maximum Gasteiger partial charge on any atom is 0.251 e. The van der Waals surface area contributed by atoms with Crippen LogP contribution in [0.4, 0.5) is 5.69 Å². The number of hydrogen-bond acceptors (Lipinski definition) is 3. The predicted molar refractivity (Wildman–Crippen MR) is 110 cm³/mol. The van der Waals surface area contributed by atoms with Crippen molar-refractivity contribution in [1.82, 2.24) is 15.1 Å². The molecule has 0 atom stereocenters. The summed E-state index contributed by atoms with van der Waals surface area (Å²) in [7, 11) is 0. The van der Waals surface area contributed by atoms with Crippen LogP contribution in [0.2, 0.25) is 0 Å². The van der Waals surface area contributed by atoms with Gasteiger partial charge in [0, 0.05) is 5.56 Å². The molecule has 6 nitrogen and oxygen atoms in total. The van der Waals surface area contributed by atoms with E-state index in [-0.39, 0.29) is 18.4 Å². The molecule has 0 saturated heterocycles. The molecule has 1 heterocycles. The molecule has 1 aromatic heterocycles. The SMILES string of the molecule is Cc1ccc(C(=O)NCC(=O)Nc2c(C)nn(-c3ccccc3)c2C)cc1C. The van der Waals surface area contributed by atoms with Crippen LogP contribution in [0.1, 0.15) is 32.9 Å². The first kappa shape index (κ1) is 19.4. The molecule has 0 unspecified atom stereocenters. The third-order valence-electron chi connectivity index (χ3n) is 4.74. The fourth-order valence-corrected chi connectivity index (χ4v) is 2.97. The molecular weight excluding hydrogens is 352 g/mol. The average molecular weight is 376 g/mol. The predicted octanol–water partition coefficient (Wildman–Crippen LogP) is 3.47. The quantitative estimate of drug-likeness (QED) is 0.716. The summed E-state index contributed by atoms with van der Waals surface area (Å²) >= 11 is 0. The molecular formula is C22H24N4O2. The summed E-state index contributed by atoms with van der Waals surface area (Å²) in [5, 5.41) is 10.0. The lowest BCUT2D eigenvalue weighted by molar-refractivity contribution is -0.115. The van der Waals surface area contributed by atoms with Crippen molar-refractivity contribution in [2.24, 2.45) is 0 Å². The molecule has 2 aromatic carbocycles. The number of carbonyl (C=O) groups excluding carboxylic acids is 2. The minimum Gasteiger partial charge on any atom is -0.343 e. The number of carbonyl (C=O) groups is 2. The number of anilines is 1. The van der Waals surface area contributed by atoms with Gasteiger partial charge in [-0.2, -0.15) is 5.10 Å². The first-order valence-corrected chi connectivity index (χ1v) is 9.13. The molecule has 0 saturated carbocycles. The van der Waals surface area contributed by atoms with Crippen LogP contribution < -0.4 is 10.6 Å². The molecule has 28 heavy (non-hydrogen) atoms. The molecule has 0 bridgehead atoms. The van der Waals surface area contributed by atoms with E-state index < -0.39 is 0 Å². The molecule has 0 aliphatic carbocycles. The molecule has 0 spiro atoms. The second-order valence-electron chi connectivity index (χ2n) is 6.82. The van der Waals surface area contributed by atoms with E-state index in [4.69, 9.17) is 0 Å². The van der Waals surface area contributed by atoms with Gasteiger partial charge in [0.25, 0.3) is 5.91 Å². The summed E-state index contributed by atoms with van der Waals surface area (Å²) < 4.78 is 1.79. The van der Waals surface area contributed by atoms with Crippen LogP contribution in [0.25, 0.3) is 5.69 Å². The van der Waals surface area contributed by atoms with E-state index in [1.54, 1.807) is 10.7 Å². The summed E-state index contributed by atoms with van der Waals surface area (Å²) in [4.78, 5) is 24.6. The molecule has 2 amide bonds. The zero-order valence-electron chi connectivity index (χ0n) is 16.5. The van der Waals surface area contributed by atoms with E-state index in [9.17, 15) is 9.59 Å². The van der Waals surface area contributed by atoms with Crippen molar-refractivity contribution in [2.45, 2.75) is 27.7 Å². The summed E-state index contributed by atoms with van der Waals surface area (Å²) in [5.74, 6) is -0.567. The molecule has 0 radical (unpaired) electrons. The molecule has 3 rings (SSSR count). The summed E-state index contributed by atoms with van der Waals surface area (Å²) in [6, 6.07) is 15.2. The lowest BCUT2D eigenvalue weighted by Crippen LogP contribution is -2.33. The fraction of sp³-hybridized carbons (Fsp3) is 0.227. The molecule has 2 N–H and O–H groups in total. The van der Waals surface area contributed by atoms with Gasteiger partial charge >= 0.3 is 0 Å². The highest BCUT2D eigenvalue weighted by Gasteiger charge is 2.16. The number of rotatable bonds is 5. The van der Waals surface area contributed by atoms with Crippen molar-refractivity contribution < 1.29 is 9.59 Å². The van der Waals surface area contributed by atoms with E-state index >= 15 is 0 Å². The average Bonchev–Trinajstić information content (AvgIpc) is 2.97. The van der Waals surface area contributed by atoms with Crippen molar-refractivity contribution in [2.75, 3.05) is 11.9 Å². The van der Waals surface area contributed by atoms with Gasteiger partial charge in [-0.05, 0) is 63.1 Å². The standard InChI is InChI=1S/C22H24N4O2/c1-14-10-11-18(12-15(14)2)22(28)23-13-20(27)24-21-16(3)25-26(17(21)4)19-8-6-5-7-9-19/h5-12H,13H2,1-4H3,(H,23,28)(H,24,27). The topological polar surface area (TPSA) is 76.0 Å². The number of amides is 2. The Morgan fingerprint density at radius 3 is 2.36 bits per heavy atom. The van der Waals surface area contributed by atoms with E-state index in [0.717, 1.165) is 28.2 Å². The highest BCUT2D eigenvalue weighted by molar-refractivity contribution is 5.99. The van der Waals surface area contributed by atoms with Crippen LogP contribution in [0, 0.1) is 27.7 Å². The number of nitrogens with zero attached hydrogens (tertiary/aromatic N) is 2. The van der Waals surface area contributed by atoms with E-state index in [1.807, 2.05) is 70.2 Å². The van der Waals surface area contributed by atoms with Crippen LogP contribution in [0.15, 0.2) is 48.5 Å². The van der Waals surface area contributed by atoms with Crippen LogP contribution in [-0.4, -0.2) is 28.1 Å². The lowest BCUT2D eigenvalue weighted by atomic mass is 10.1. The van der Waals surface area contributed by atoms with E-state index in [2.05, 4.69) is 15.7 Å². The highest BCUT2D eigenvalue weighted by Crippen LogP contribution is 2.22. The number of aromatic nitrogens is 2. The van der Waals surface area contributed by atoms with Crippen LogP contribution in [0.5, 0.6) is 0 Å². The smallest absolute Gasteiger partial charge is 0.251 e. The Hall–Kier alpha value is -3.41. The second-order valence-corrected chi connectivity index (χ2v) is 6.82. The largest absolute Gasteiger partial charge is 0.343 e. The van der Waals surface area contributed by atoms with Crippen LogP contribution in [0.3, 0.4) is 0 Å². The van der Waals surface area contributed by atoms with Gasteiger partial charge in [0.05, 0.1) is 29.3 Å². The maximum absolute atomic E-state index is 12.4. The Balaban J connectivity index is 1.66. The molecule has 144 valence electrons. The minimum atomic E-state index is -0.295. The minimum absolute atomic E-state index is 0.110. The van der Waals surface area contributed by atoms with Crippen molar-refractivity contribution >= 4 is 17.5 Å². The molecule has 3 aromatic rings. The molecule has 6 heteroatoms. The van der Waals surface area contributed by atoms with E-state index in [1.165, 1.54) is 0 Å². The van der Waals surface area contributed by atoms with Gasteiger partial charge in [-0.1, -0.05) is 24.3 Å². The third kappa shape index (κ3) is 4.11.